The van der Waals surface area contributed by atoms with Crippen molar-refractivity contribution >= 4 is 58.0 Å². The number of hydrogen-bond donors (Lipinski definition) is 9. The number of carbonyl (C=O) groups excluding carboxylic acids is 3. The molecule has 7 unspecified atom stereocenters. The predicted molar refractivity (Wildman–Crippen MR) is 174 cm³/mol. The number of fused-ring (bicyclic) bond motifs is 1. The van der Waals surface area contributed by atoms with Crippen LogP contribution in [0.25, 0.3) is 11.2 Å². The minimum atomic E-state index is -5.56. The molecule has 0 bridgehead atoms. The normalized spacial score (nSPS) is 22.6. The number of nitrogens with zero attached hydrogens (tertiary/aromatic N) is 4. The Kier molecular flexibility index (Phi) is 14.9. The number of carbonyl (C=O) groups is 3. The van der Waals surface area contributed by atoms with Gasteiger partial charge in [-0.1, -0.05) is 19.9 Å². The summed E-state index contributed by atoms with van der Waals surface area (Å²) in [6.45, 7) is 2.01. The van der Waals surface area contributed by atoms with Gasteiger partial charge in [0.05, 0.1) is 19.5 Å². The van der Waals surface area contributed by atoms with E-state index in [9.17, 15) is 57.9 Å². The summed E-state index contributed by atoms with van der Waals surface area (Å²) in [7, 11) is -16.4. The molecule has 52 heavy (non-hydrogen) atoms. The standard InChI is InChI=1S/C25H40N7O17P3/c1-4-5-14(33)6-8-27-16(34)7-9-28-23(37)20(36)25(2,3)11-46-52(43,44)49-51(41,42)45-10-15-19(48-50(38,39)40)18(35)24(47-15)32-13-31-17-21(26)29-12-30-22(17)32/h4-5,12-13,15,18-20,24,35-36H,6-11H2,1-3H3,(H,27,34)(H,28,37)(H,41,42)(H,43,44)(H2,26,29,30)(H2,38,39,40)/b5-4+. The van der Waals surface area contributed by atoms with Gasteiger partial charge < -0.3 is 50.9 Å². The van der Waals surface area contributed by atoms with Crippen molar-refractivity contribution in [3.8, 4) is 0 Å². The molecule has 1 aliphatic heterocycles. The van der Waals surface area contributed by atoms with Crippen LogP contribution < -0.4 is 16.4 Å². The SMILES string of the molecule is C/C=C/C(=O)CCNC(=O)CCNC(=O)C(O)C(C)(C)COP(=O)(O)OP(=O)(O)OCC1OC(n2cnc3c(N)ncnc32)C(O)C1OP(=O)(O)O. The van der Waals surface area contributed by atoms with Crippen molar-refractivity contribution in [2.75, 3.05) is 32.0 Å². The Hall–Kier alpha value is -3.05. The molecule has 0 saturated carbocycles. The van der Waals surface area contributed by atoms with Crippen LogP contribution in [0.15, 0.2) is 24.8 Å². The molecule has 292 valence electrons. The molecule has 2 aromatic rings. The number of phosphoric acid groups is 3. The third-order valence-corrected chi connectivity index (χ3v) is 10.2. The van der Waals surface area contributed by atoms with Crippen LogP contribution in [0.3, 0.4) is 0 Å². The van der Waals surface area contributed by atoms with E-state index in [4.69, 9.17) is 19.5 Å². The number of ketones is 1. The Morgan fingerprint density at radius 2 is 1.71 bits per heavy atom. The van der Waals surface area contributed by atoms with E-state index in [1.807, 2.05) is 0 Å². The lowest BCUT2D eigenvalue weighted by Crippen LogP contribution is -2.46. The smallest absolute Gasteiger partial charge is 0.386 e. The fraction of sp³-hybridized carbons (Fsp3) is 0.600. The lowest BCUT2D eigenvalue weighted by Gasteiger charge is -2.30. The maximum atomic E-state index is 12.6. The zero-order valence-corrected chi connectivity index (χ0v) is 30.5. The summed E-state index contributed by atoms with van der Waals surface area (Å²) in [6.07, 6.45) is -3.94. The van der Waals surface area contributed by atoms with Gasteiger partial charge in [0.25, 0.3) is 0 Å². The number of aliphatic hydroxyl groups excluding tert-OH is 2. The molecule has 2 aromatic heterocycles. The number of nitrogens with two attached hydrogens (primary N) is 1. The second kappa shape index (κ2) is 17.9. The summed E-state index contributed by atoms with van der Waals surface area (Å²) in [5.74, 6) is -1.69. The molecule has 1 saturated heterocycles. The van der Waals surface area contributed by atoms with E-state index in [0.29, 0.717) is 0 Å². The van der Waals surface area contributed by atoms with Crippen molar-refractivity contribution in [3.63, 3.8) is 0 Å². The van der Waals surface area contributed by atoms with E-state index in [-0.39, 0.29) is 48.7 Å². The Morgan fingerprint density at radius 3 is 2.37 bits per heavy atom. The molecular weight excluding hydrogens is 763 g/mol. The molecule has 0 radical (unpaired) electrons. The summed E-state index contributed by atoms with van der Waals surface area (Å²) < 4.78 is 61.9. The number of nitrogen functional groups attached to an aromatic ring is 1. The molecule has 0 aliphatic carbocycles. The van der Waals surface area contributed by atoms with Crippen molar-refractivity contribution in [3.05, 3.63) is 24.8 Å². The molecule has 3 heterocycles. The molecule has 3 rings (SSSR count). The highest BCUT2D eigenvalue weighted by Gasteiger charge is 2.50. The zero-order valence-electron chi connectivity index (χ0n) is 27.8. The van der Waals surface area contributed by atoms with Gasteiger partial charge in [-0.2, -0.15) is 4.31 Å². The summed E-state index contributed by atoms with van der Waals surface area (Å²) in [6, 6.07) is 0. The Morgan fingerprint density at radius 1 is 1.06 bits per heavy atom. The van der Waals surface area contributed by atoms with Crippen LogP contribution in [0, 0.1) is 5.41 Å². The number of hydrogen-bond acceptors (Lipinski definition) is 17. The Bertz CT molecular complexity index is 1770. The highest BCUT2D eigenvalue weighted by atomic mass is 31.3. The van der Waals surface area contributed by atoms with Gasteiger partial charge in [0.1, 0.15) is 36.3 Å². The number of ether oxygens (including phenoxy) is 1. The van der Waals surface area contributed by atoms with Crippen LogP contribution in [0.1, 0.15) is 39.8 Å². The minimum Gasteiger partial charge on any atom is -0.386 e. The molecule has 24 nitrogen and oxygen atoms in total. The van der Waals surface area contributed by atoms with Crippen molar-refractivity contribution in [2.24, 2.45) is 5.41 Å². The topological polar surface area (TPSA) is 364 Å². The van der Waals surface area contributed by atoms with Crippen LogP contribution >= 0.6 is 23.5 Å². The van der Waals surface area contributed by atoms with Crippen LogP contribution in [0.4, 0.5) is 5.82 Å². The average Bonchev–Trinajstić information content (AvgIpc) is 3.59. The first-order valence-corrected chi connectivity index (χ1v) is 19.6. The summed E-state index contributed by atoms with van der Waals surface area (Å²) in [4.78, 5) is 86.6. The summed E-state index contributed by atoms with van der Waals surface area (Å²) >= 11 is 0. The molecule has 2 amide bonds. The molecular formula is C25H40N7O17P3. The average molecular weight is 804 g/mol. The quantitative estimate of drug-likeness (QED) is 0.0569. The largest absolute Gasteiger partial charge is 0.481 e. The predicted octanol–water partition coefficient (Wildman–Crippen LogP) is -1.06. The van der Waals surface area contributed by atoms with E-state index in [2.05, 4.69) is 34.4 Å². The number of aromatic nitrogens is 4. The van der Waals surface area contributed by atoms with Crippen molar-refractivity contribution in [1.82, 2.24) is 30.2 Å². The van der Waals surface area contributed by atoms with Gasteiger partial charge in [-0.15, -0.1) is 0 Å². The number of rotatable bonds is 20. The highest BCUT2D eigenvalue weighted by molar-refractivity contribution is 7.61. The first kappa shape index (κ1) is 43.4. The van der Waals surface area contributed by atoms with Crippen molar-refractivity contribution in [1.29, 1.82) is 0 Å². The summed E-state index contributed by atoms with van der Waals surface area (Å²) in [5, 5.41) is 26.1. The number of aliphatic hydroxyl groups is 2. The molecule has 27 heteroatoms. The fourth-order valence-electron chi connectivity index (χ4n) is 4.53. The fourth-order valence-corrected chi connectivity index (χ4v) is 7.36. The molecule has 7 atom stereocenters. The monoisotopic (exact) mass is 803 g/mol. The van der Waals surface area contributed by atoms with Gasteiger partial charge in [0, 0.05) is 31.3 Å². The second-order valence-electron chi connectivity index (χ2n) is 11.8. The molecule has 0 spiro atoms. The highest BCUT2D eigenvalue weighted by Crippen LogP contribution is 2.61. The third kappa shape index (κ3) is 12.5. The third-order valence-electron chi connectivity index (χ3n) is 7.12. The van der Waals surface area contributed by atoms with Gasteiger partial charge in [-0.25, -0.2) is 28.6 Å². The van der Waals surface area contributed by atoms with Crippen LogP contribution in [0.2, 0.25) is 0 Å². The van der Waals surface area contributed by atoms with Crippen LogP contribution in [-0.4, -0.2) is 118 Å². The first-order chi connectivity index (χ1) is 24.1. The zero-order chi connectivity index (χ0) is 39.1. The van der Waals surface area contributed by atoms with E-state index in [0.717, 1.165) is 17.2 Å². The van der Waals surface area contributed by atoms with Gasteiger partial charge in [0.2, 0.25) is 11.8 Å². The number of amides is 2. The lowest BCUT2D eigenvalue weighted by molar-refractivity contribution is -0.137. The van der Waals surface area contributed by atoms with Gasteiger partial charge in [0.15, 0.2) is 23.5 Å². The number of allylic oxidation sites excluding steroid dienone is 2. The van der Waals surface area contributed by atoms with Crippen LogP contribution in [-0.2, 0) is 50.7 Å². The number of nitrogens with one attached hydrogen (secondary N) is 2. The first-order valence-electron chi connectivity index (χ1n) is 15.1. The van der Waals surface area contributed by atoms with Crippen LogP contribution in [0.5, 0.6) is 0 Å². The van der Waals surface area contributed by atoms with Crippen molar-refractivity contribution < 1.29 is 80.5 Å². The van der Waals surface area contributed by atoms with Crippen molar-refractivity contribution in [2.45, 2.75) is 64.3 Å². The number of imidazole rings is 1. The van der Waals surface area contributed by atoms with E-state index in [1.54, 1.807) is 13.0 Å². The van der Waals surface area contributed by atoms with Gasteiger partial charge in [-0.05, 0) is 13.0 Å². The van der Waals surface area contributed by atoms with Gasteiger partial charge in [-0.3, -0.25) is 32.5 Å². The maximum absolute atomic E-state index is 12.6. The van der Waals surface area contributed by atoms with E-state index in [1.165, 1.54) is 19.9 Å². The molecule has 0 aromatic carbocycles. The van der Waals surface area contributed by atoms with E-state index >= 15 is 0 Å². The minimum absolute atomic E-state index is 0.0295. The molecule has 1 fully saturated rings. The lowest BCUT2D eigenvalue weighted by atomic mass is 9.87. The molecule has 10 N–H and O–H groups in total. The molecule has 1 aliphatic rings. The van der Waals surface area contributed by atoms with Gasteiger partial charge >= 0.3 is 23.5 Å². The second-order valence-corrected chi connectivity index (χ2v) is 16.0. The van der Waals surface area contributed by atoms with E-state index < -0.39 is 84.6 Å². The Labute approximate surface area is 295 Å². The Balaban J connectivity index is 1.55. The number of anilines is 1. The summed E-state index contributed by atoms with van der Waals surface area (Å²) in [5.41, 5.74) is 4.25. The number of phosphoric ester groups is 3. The maximum Gasteiger partial charge on any atom is 0.481 e.